The summed E-state index contributed by atoms with van der Waals surface area (Å²) in [6, 6.07) is 12.1. The Morgan fingerprint density at radius 3 is 2.40 bits per heavy atom. The standard InChI is InChI=1S/C22H23Cl2N3O2S/c1-14(2)4-5-15(3)26-21(16-6-9-18(10-7-16)27(28)29)13-30-22(26)25-20-11-8-17(23)12-19(20)24/h6-15H,4-5H2,1-3H3. The Labute approximate surface area is 189 Å². The summed E-state index contributed by atoms with van der Waals surface area (Å²) in [5, 5.41) is 14.1. The lowest BCUT2D eigenvalue weighted by atomic mass is 10.0. The fourth-order valence-corrected chi connectivity index (χ4v) is 4.63. The molecule has 1 atom stereocenters. The fourth-order valence-electron chi connectivity index (χ4n) is 3.17. The van der Waals surface area contributed by atoms with Crippen LogP contribution in [0.1, 0.15) is 39.7 Å². The minimum absolute atomic E-state index is 0.0752. The number of nitro benzene ring substituents is 1. The first-order valence-corrected chi connectivity index (χ1v) is 11.3. The van der Waals surface area contributed by atoms with E-state index in [1.54, 1.807) is 30.3 Å². The van der Waals surface area contributed by atoms with Gasteiger partial charge in [0.15, 0.2) is 4.80 Å². The summed E-state index contributed by atoms with van der Waals surface area (Å²) in [6.07, 6.45) is 2.08. The van der Waals surface area contributed by atoms with E-state index in [1.807, 2.05) is 5.38 Å². The second-order valence-electron chi connectivity index (χ2n) is 7.61. The van der Waals surface area contributed by atoms with E-state index in [9.17, 15) is 10.1 Å². The summed E-state index contributed by atoms with van der Waals surface area (Å²) in [5.74, 6) is 0.598. The summed E-state index contributed by atoms with van der Waals surface area (Å²) < 4.78 is 2.19. The molecule has 1 heterocycles. The number of hydrogen-bond donors (Lipinski definition) is 0. The maximum absolute atomic E-state index is 11.0. The predicted molar refractivity (Wildman–Crippen MR) is 125 cm³/mol. The number of halogens is 2. The molecule has 0 aliphatic carbocycles. The predicted octanol–water partition coefficient (Wildman–Crippen LogP) is 7.66. The summed E-state index contributed by atoms with van der Waals surface area (Å²) >= 11 is 13.9. The largest absolute Gasteiger partial charge is 0.314 e. The van der Waals surface area contributed by atoms with Gasteiger partial charge in [-0.3, -0.25) is 10.1 Å². The van der Waals surface area contributed by atoms with Crippen molar-refractivity contribution in [2.75, 3.05) is 0 Å². The van der Waals surface area contributed by atoms with Gasteiger partial charge < -0.3 is 4.57 Å². The Hall–Kier alpha value is -2.15. The first kappa shape index (κ1) is 22.5. The smallest absolute Gasteiger partial charge is 0.269 e. The van der Waals surface area contributed by atoms with Crippen LogP contribution in [-0.4, -0.2) is 9.49 Å². The van der Waals surface area contributed by atoms with Gasteiger partial charge in [-0.25, -0.2) is 4.99 Å². The number of thiazole rings is 1. The van der Waals surface area contributed by atoms with Crippen molar-refractivity contribution in [1.29, 1.82) is 0 Å². The van der Waals surface area contributed by atoms with Gasteiger partial charge in [0, 0.05) is 28.6 Å². The monoisotopic (exact) mass is 463 g/mol. The third-order valence-electron chi connectivity index (χ3n) is 4.84. The van der Waals surface area contributed by atoms with Gasteiger partial charge in [-0.15, -0.1) is 11.3 Å². The van der Waals surface area contributed by atoms with Crippen LogP contribution < -0.4 is 4.80 Å². The van der Waals surface area contributed by atoms with Gasteiger partial charge in [0.25, 0.3) is 5.69 Å². The number of nitrogens with zero attached hydrogens (tertiary/aromatic N) is 3. The van der Waals surface area contributed by atoms with Crippen LogP contribution in [-0.2, 0) is 0 Å². The van der Waals surface area contributed by atoms with E-state index in [2.05, 4.69) is 25.3 Å². The lowest BCUT2D eigenvalue weighted by Crippen LogP contribution is -2.20. The van der Waals surface area contributed by atoms with E-state index in [4.69, 9.17) is 28.2 Å². The van der Waals surface area contributed by atoms with Gasteiger partial charge in [-0.1, -0.05) is 37.0 Å². The highest BCUT2D eigenvalue weighted by Crippen LogP contribution is 2.30. The lowest BCUT2D eigenvalue weighted by Gasteiger charge is -2.18. The number of aromatic nitrogens is 1. The maximum atomic E-state index is 11.0. The summed E-state index contributed by atoms with van der Waals surface area (Å²) in [5.41, 5.74) is 2.63. The van der Waals surface area contributed by atoms with Crippen LogP contribution in [0.4, 0.5) is 11.4 Å². The zero-order valence-electron chi connectivity index (χ0n) is 17.0. The van der Waals surface area contributed by atoms with Gasteiger partial charge in [0.1, 0.15) is 0 Å². The Balaban J connectivity index is 2.11. The number of hydrogen-bond acceptors (Lipinski definition) is 4. The molecule has 0 N–H and O–H groups in total. The van der Waals surface area contributed by atoms with E-state index in [0.717, 1.165) is 28.9 Å². The van der Waals surface area contributed by atoms with Crippen molar-refractivity contribution in [3.8, 4) is 11.3 Å². The highest BCUT2D eigenvalue weighted by molar-refractivity contribution is 7.07. The van der Waals surface area contributed by atoms with Crippen molar-refractivity contribution in [2.24, 2.45) is 10.9 Å². The van der Waals surface area contributed by atoms with Crippen molar-refractivity contribution in [1.82, 2.24) is 4.57 Å². The van der Waals surface area contributed by atoms with E-state index in [1.165, 1.54) is 23.5 Å². The van der Waals surface area contributed by atoms with Crippen molar-refractivity contribution < 1.29 is 4.92 Å². The zero-order valence-corrected chi connectivity index (χ0v) is 19.3. The third kappa shape index (κ3) is 5.31. The minimum atomic E-state index is -0.389. The molecule has 30 heavy (non-hydrogen) atoms. The van der Waals surface area contributed by atoms with Gasteiger partial charge in [-0.05, 0) is 61.6 Å². The molecule has 0 bridgehead atoms. The number of rotatable bonds is 7. The quantitative estimate of drug-likeness (QED) is 0.266. The lowest BCUT2D eigenvalue weighted by molar-refractivity contribution is -0.384. The second kappa shape index (κ2) is 9.77. The summed E-state index contributed by atoms with van der Waals surface area (Å²) in [7, 11) is 0. The Morgan fingerprint density at radius 2 is 1.80 bits per heavy atom. The first-order chi connectivity index (χ1) is 14.3. The second-order valence-corrected chi connectivity index (χ2v) is 9.29. The molecule has 0 saturated heterocycles. The van der Waals surface area contributed by atoms with Crippen molar-refractivity contribution in [3.63, 3.8) is 0 Å². The third-order valence-corrected chi connectivity index (χ3v) is 6.22. The molecule has 0 aliphatic heterocycles. The van der Waals surface area contributed by atoms with E-state index in [-0.39, 0.29) is 16.7 Å². The van der Waals surface area contributed by atoms with Gasteiger partial charge in [0.05, 0.1) is 21.3 Å². The Kier molecular flexibility index (Phi) is 7.34. The summed E-state index contributed by atoms with van der Waals surface area (Å²) in [6.45, 7) is 6.59. The molecule has 0 amide bonds. The highest BCUT2D eigenvalue weighted by atomic mass is 35.5. The SMILES string of the molecule is CC(C)CCC(C)n1c(-c2ccc([N+](=O)[O-])cc2)csc1=Nc1ccc(Cl)cc1Cl. The molecule has 8 heteroatoms. The molecule has 158 valence electrons. The van der Waals surface area contributed by atoms with E-state index < -0.39 is 0 Å². The minimum Gasteiger partial charge on any atom is -0.314 e. The molecule has 3 rings (SSSR count). The maximum Gasteiger partial charge on any atom is 0.269 e. The van der Waals surface area contributed by atoms with Crippen molar-refractivity contribution in [2.45, 2.75) is 39.7 Å². The molecule has 0 radical (unpaired) electrons. The normalized spacial score (nSPS) is 13.1. The van der Waals surface area contributed by atoms with E-state index >= 15 is 0 Å². The van der Waals surface area contributed by atoms with Crippen LogP contribution in [0.5, 0.6) is 0 Å². The van der Waals surface area contributed by atoms with Crippen LogP contribution in [0.15, 0.2) is 52.8 Å². The van der Waals surface area contributed by atoms with Crippen LogP contribution >= 0.6 is 34.5 Å². The zero-order chi connectivity index (χ0) is 21.8. The molecule has 5 nitrogen and oxygen atoms in total. The Bertz CT molecular complexity index is 1100. The average molecular weight is 464 g/mol. The number of benzene rings is 2. The van der Waals surface area contributed by atoms with Gasteiger partial charge >= 0.3 is 0 Å². The van der Waals surface area contributed by atoms with Crippen LogP contribution in [0.2, 0.25) is 10.0 Å². The molecule has 3 aromatic rings. The molecule has 0 spiro atoms. The Morgan fingerprint density at radius 1 is 1.10 bits per heavy atom. The van der Waals surface area contributed by atoms with Crippen LogP contribution in [0.25, 0.3) is 11.3 Å². The molecule has 0 saturated carbocycles. The summed E-state index contributed by atoms with van der Waals surface area (Å²) in [4.78, 5) is 16.2. The van der Waals surface area contributed by atoms with Gasteiger partial charge in [0.2, 0.25) is 0 Å². The number of nitro groups is 1. The molecule has 2 aromatic carbocycles. The average Bonchev–Trinajstić information content (AvgIpc) is 3.12. The topological polar surface area (TPSA) is 60.4 Å². The molecule has 1 unspecified atom stereocenters. The molecular weight excluding hydrogens is 441 g/mol. The van der Waals surface area contributed by atoms with Gasteiger partial charge in [-0.2, -0.15) is 0 Å². The van der Waals surface area contributed by atoms with Crippen molar-refractivity contribution >= 4 is 45.9 Å². The molecule has 1 aromatic heterocycles. The molecule has 0 aliphatic rings. The number of non-ortho nitro benzene ring substituents is 1. The van der Waals surface area contributed by atoms with Crippen molar-refractivity contribution in [3.05, 3.63) is 72.8 Å². The van der Waals surface area contributed by atoms with Crippen LogP contribution in [0.3, 0.4) is 0 Å². The fraction of sp³-hybridized carbons (Fsp3) is 0.318. The molecular formula is C22H23Cl2N3O2S. The van der Waals surface area contributed by atoms with Crippen LogP contribution in [0, 0.1) is 16.0 Å². The first-order valence-electron chi connectivity index (χ1n) is 9.71. The van der Waals surface area contributed by atoms with E-state index in [0.29, 0.717) is 21.7 Å². The molecule has 0 fully saturated rings. The highest BCUT2D eigenvalue weighted by Gasteiger charge is 2.16.